The number of amides is 1. The lowest BCUT2D eigenvalue weighted by Gasteiger charge is -2.30. The van der Waals surface area contributed by atoms with Gasteiger partial charge in [-0.15, -0.1) is 11.3 Å². The lowest BCUT2D eigenvalue weighted by molar-refractivity contribution is -0.120. The SMILES string of the molecule is COc1ccc(OC)c(NC(=O)[C@H]2CCCN(S(=O)(=O)c3cccs3)C2)c1. The highest BCUT2D eigenvalue weighted by Crippen LogP contribution is 2.31. The normalized spacial score (nSPS) is 18.1. The van der Waals surface area contributed by atoms with Gasteiger partial charge in [-0.1, -0.05) is 6.07 Å². The highest BCUT2D eigenvalue weighted by Gasteiger charge is 2.34. The van der Waals surface area contributed by atoms with Gasteiger partial charge in [0.2, 0.25) is 5.91 Å². The Hall–Kier alpha value is -2.10. The van der Waals surface area contributed by atoms with E-state index in [0.717, 1.165) is 0 Å². The van der Waals surface area contributed by atoms with Crippen LogP contribution in [-0.4, -0.2) is 45.9 Å². The van der Waals surface area contributed by atoms with Crippen LogP contribution in [0.1, 0.15) is 12.8 Å². The molecule has 1 aromatic heterocycles. The molecule has 1 amide bonds. The summed E-state index contributed by atoms with van der Waals surface area (Å²) in [6.45, 7) is 0.588. The molecule has 0 bridgehead atoms. The number of hydrogen-bond donors (Lipinski definition) is 1. The first-order valence-electron chi connectivity index (χ1n) is 8.52. The van der Waals surface area contributed by atoms with E-state index in [2.05, 4.69) is 5.32 Å². The Morgan fingerprint density at radius 1 is 1.26 bits per heavy atom. The summed E-state index contributed by atoms with van der Waals surface area (Å²) >= 11 is 1.18. The number of anilines is 1. The minimum Gasteiger partial charge on any atom is -0.497 e. The fraction of sp³-hybridized carbons (Fsp3) is 0.389. The molecule has 7 nitrogen and oxygen atoms in total. The smallest absolute Gasteiger partial charge is 0.252 e. The van der Waals surface area contributed by atoms with E-state index in [1.54, 1.807) is 42.8 Å². The van der Waals surface area contributed by atoms with Crippen molar-refractivity contribution in [3.05, 3.63) is 35.7 Å². The van der Waals surface area contributed by atoms with E-state index in [9.17, 15) is 13.2 Å². The summed E-state index contributed by atoms with van der Waals surface area (Å²) < 4.78 is 37.6. The Balaban J connectivity index is 1.74. The second-order valence-electron chi connectivity index (χ2n) is 6.19. The highest BCUT2D eigenvalue weighted by molar-refractivity contribution is 7.91. The second kappa shape index (κ2) is 8.28. The predicted octanol–water partition coefficient (Wildman–Crippen LogP) is 2.80. The van der Waals surface area contributed by atoms with Crippen LogP contribution in [0.15, 0.2) is 39.9 Å². The number of piperidine rings is 1. The fourth-order valence-electron chi connectivity index (χ4n) is 3.06. The lowest BCUT2D eigenvalue weighted by atomic mass is 9.98. The molecule has 0 unspecified atom stereocenters. The van der Waals surface area contributed by atoms with Crippen LogP contribution in [0, 0.1) is 5.92 Å². The maximum Gasteiger partial charge on any atom is 0.252 e. The van der Waals surface area contributed by atoms with Crippen molar-refractivity contribution in [3.63, 3.8) is 0 Å². The molecule has 1 saturated heterocycles. The molecular formula is C18H22N2O5S2. The van der Waals surface area contributed by atoms with Crippen molar-refractivity contribution in [1.29, 1.82) is 0 Å². The van der Waals surface area contributed by atoms with Gasteiger partial charge in [0.05, 0.1) is 25.8 Å². The van der Waals surface area contributed by atoms with Crippen LogP contribution in [0.25, 0.3) is 0 Å². The lowest BCUT2D eigenvalue weighted by Crippen LogP contribution is -2.43. The molecule has 2 heterocycles. The minimum atomic E-state index is -3.55. The highest BCUT2D eigenvalue weighted by atomic mass is 32.2. The summed E-state index contributed by atoms with van der Waals surface area (Å²) in [4.78, 5) is 12.8. The summed E-state index contributed by atoms with van der Waals surface area (Å²) in [7, 11) is -0.490. The van der Waals surface area contributed by atoms with E-state index < -0.39 is 15.9 Å². The van der Waals surface area contributed by atoms with Gasteiger partial charge in [-0.2, -0.15) is 4.31 Å². The molecule has 0 radical (unpaired) electrons. The van der Waals surface area contributed by atoms with Crippen molar-refractivity contribution in [3.8, 4) is 11.5 Å². The Morgan fingerprint density at radius 3 is 2.74 bits per heavy atom. The van der Waals surface area contributed by atoms with Gasteiger partial charge >= 0.3 is 0 Å². The van der Waals surface area contributed by atoms with Crippen molar-refractivity contribution in [2.24, 2.45) is 5.92 Å². The van der Waals surface area contributed by atoms with Gasteiger partial charge in [-0.25, -0.2) is 8.42 Å². The molecule has 1 N–H and O–H groups in total. The average Bonchev–Trinajstić information content (AvgIpc) is 3.23. The van der Waals surface area contributed by atoms with Crippen molar-refractivity contribution < 1.29 is 22.7 Å². The van der Waals surface area contributed by atoms with Gasteiger partial charge in [0.1, 0.15) is 15.7 Å². The van der Waals surface area contributed by atoms with E-state index in [0.29, 0.717) is 40.8 Å². The molecule has 1 aromatic carbocycles. The molecular weight excluding hydrogens is 388 g/mol. The third-order valence-electron chi connectivity index (χ3n) is 4.51. The summed E-state index contributed by atoms with van der Waals surface area (Å²) in [5, 5.41) is 4.58. The summed E-state index contributed by atoms with van der Waals surface area (Å²) in [6.07, 6.45) is 1.27. The van der Waals surface area contributed by atoms with Crippen molar-refractivity contribution in [1.82, 2.24) is 4.31 Å². The van der Waals surface area contributed by atoms with Crippen LogP contribution >= 0.6 is 11.3 Å². The molecule has 9 heteroatoms. The largest absolute Gasteiger partial charge is 0.497 e. The fourth-order valence-corrected chi connectivity index (χ4v) is 5.73. The number of ether oxygens (including phenoxy) is 2. The first-order chi connectivity index (χ1) is 13.0. The standard InChI is InChI=1S/C18H22N2O5S2/c1-24-14-7-8-16(25-2)15(11-14)19-18(21)13-5-3-9-20(12-13)27(22,23)17-6-4-10-26-17/h4,6-8,10-11,13H,3,5,9,12H2,1-2H3,(H,19,21)/t13-/m0/s1. The van der Waals surface area contributed by atoms with E-state index in [1.165, 1.54) is 22.8 Å². The first-order valence-corrected chi connectivity index (χ1v) is 10.8. The maximum atomic E-state index is 12.8. The van der Waals surface area contributed by atoms with Crippen LogP contribution in [0.5, 0.6) is 11.5 Å². The Bertz CT molecular complexity index is 896. The van der Waals surface area contributed by atoms with Gasteiger partial charge in [-0.3, -0.25) is 4.79 Å². The van der Waals surface area contributed by atoms with Gasteiger partial charge < -0.3 is 14.8 Å². The molecule has 3 rings (SSSR count). The van der Waals surface area contributed by atoms with Crippen LogP contribution in [0.2, 0.25) is 0 Å². The van der Waals surface area contributed by atoms with Gasteiger partial charge in [0.15, 0.2) is 0 Å². The number of carbonyl (C=O) groups excluding carboxylic acids is 1. The van der Waals surface area contributed by atoms with Gasteiger partial charge in [-0.05, 0) is 36.4 Å². The number of methoxy groups -OCH3 is 2. The molecule has 1 fully saturated rings. The van der Waals surface area contributed by atoms with E-state index >= 15 is 0 Å². The van der Waals surface area contributed by atoms with E-state index in [-0.39, 0.29) is 12.5 Å². The molecule has 0 spiro atoms. The monoisotopic (exact) mass is 410 g/mol. The van der Waals surface area contributed by atoms with Crippen molar-refractivity contribution in [2.45, 2.75) is 17.1 Å². The summed E-state index contributed by atoms with van der Waals surface area (Å²) in [6, 6.07) is 8.43. The zero-order valence-corrected chi connectivity index (χ0v) is 16.8. The number of nitrogens with zero attached hydrogens (tertiary/aromatic N) is 1. The minimum absolute atomic E-state index is 0.165. The number of thiophene rings is 1. The third-order valence-corrected chi connectivity index (χ3v) is 7.75. The number of hydrogen-bond acceptors (Lipinski definition) is 6. The van der Waals surface area contributed by atoms with E-state index in [4.69, 9.17) is 9.47 Å². The van der Waals surface area contributed by atoms with Crippen LogP contribution in [-0.2, 0) is 14.8 Å². The molecule has 146 valence electrons. The molecule has 1 aliphatic rings. The number of benzene rings is 1. The zero-order chi connectivity index (χ0) is 19.4. The van der Waals surface area contributed by atoms with E-state index in [1.807, 2.05) is 0 Å². The number of sulfonamides is 1. The zero-order valence-electron chi connectivity index (χ0n) is 15.2. The molecule has 2 aromatic rings. The quantitative estimate of drug-likeness (QED) is 0.792. The number of carbonyl (C=O) groups is 1. The van der Waals surface area contributed by atoms with Gasteiger partial charge in [0, 0.05) is 19.2 Å². The molecule has 0 aliphatic carbocycles. The molecule has 1 aliphatic heterocycles. The summed E-state index contributed by atoms with van der Waals surface area (Å²) in [5.74, 6) is 0.455. The first kappa shape index (κ1) is 19.7. The van der Waals surface area contributed by atoms with Crippen molar-refractivity contribution in [2.75, 3.05) is 32.6 Å². The Kier molecular flexibility index (Phi) is 6.03. The Labute approximate surface area is 163 Å². The number of nitrogens with one attached hydrogen (secondary N) is 1. The van der Waals surface area contributed by atoms with Crippen LogP contribution in [0.3, 0.4) is 0 Å². The average molecular weight is 411 g/mol. The number of rotatable bonds is 6. The van der Waals surface area contributed by atoms with Crippen LogP contribution < -0.4 is 14.8 Å². The second-order valence-corrected chi connectivity index (χ2v) is 9.30. The molecule has 1 atom stereocenters. The molecule has 27 heavy (non-hydrogen) atoms. The maximum absolute atomic E-state index is 12.8. The molecule has 0 saturated carbocycles. The Morgan fingerprint density at radius 2 is 2.07 bits per heavy atom. The predicted molar refractivity (Wildman–Crippen MR) is 104 cm³/mol. The topological polar surface area (TPSA) is 84.9 Å². The van der Waals surface area contributed by atoms with Crippen LogP contribution in [0.4, 0.5) is 5.69 Å². The summed E-state index contributed by atoms with van der Waals surface area (Å²) in [5.41, 5.74) is 0.500. The van der Waals surface area contributed by atoms with Crippen molar-refractivity contribution >= 4 is 33.0 Å². The van der Waals surface area contributed by atoms with Gasteiger partial charge in [0.25, 0.3) is 10.0 Å². The third kappa shape index (κ3) is 4.26.